The molecule has 0 aliphatic rings. The first kappa shape index (κ1) is 16.4. The van der Waals surface area contributed by atoms with Crippen LogP contribution in [0.25, 0.3) is 0 Å². The van der Waals surface area contributed by atoms with E-state index in [9.17, 15) is 5.11 Å². The summed E-state index contributed by atoms with van der Waals surface area (Å²) in [7, 11) is 0. The molecule has 0 radical (unpaired) electrons. The molecule has 17 heavy (non-hydrogen) atoms. The summed E-state index contributed by atoms with van der Waals surface area (Å²) in [6, 6.07) is 0. The van der Waals surface area contributed by atoms with Gasteiger partial charge in [-0.3, -0.25) is 0 Å². The molecule has 100 valence electrons. The Balaban J connectivity index is 3.12. The number of terminal acetylenes is 1. The molecule has 1 unspecified atom stereocenters. The zero-order chi connectivity index (χ0) is 12.8. The highest BCUT2D eigenvalue weighted by molar-refractivity contribution is 4.82. The van der Waals surface area contributed by atoms with Crippen molar-refractivity contribution in [2.24, 2.45) is 0 Å². The van der Waals surface area contributed by atoms with Gasteiger partial charge in [0, 0.05) is 19.6 Å². The number of unbranched alkanes of at least 4 members (excludes halogenated alkanes) is 2. The van der Waals surface area contributed by atoms with Gasteiger partial charge in [-0.05, 0) is 26.3 Å². The number of aliphatic hydroxyl groups is 1. The van der Waals surface area contributed by atoms with Crippen molar-refractivity contribution in [3.63, 3.8) is 0 Å². The van der Waals surface area contributed by atoms with Gasteiger partial charge in [-0.1, -0.05) is 0 Å². The third kappa shape index (κ3) is 13.3. The quantitative estimate of drug-likeness (QED) is 0.393. The molecule has 0 saturated carbocycles. The fourth-order valence-corrected chi connectivity index (χ4v) is 1.29. The fraction of sp³-hybridized carbons (Fsp3) is 0.846. The molecule has 0 aromatic carbocycles. The summed E-state index contributed by atoms with van der Waals surface area (Å²) < 4.78 is 10.4. The molecule has 0 spiro atoms. The molecule has 0 aliphatic heterocycles. The molecule has 0 bridgehead atoms. The molecular formula is C13H25NO3. The van der Waals surface area contributed by atoms with E-state index in [1.54, 1.807) is 0 Å². The first-order valence-corrected chi connectivity index (χ1v) is 6.29. The van der Waals surface area contributed by atoms with Crippen LogP contribution in [0, 0.1) is 12.3 Å². The van der Waals surface area contributed by atoms with Crippen molar-refractivity contribution < 1.29 is 14.6 Å². The van der Waals surface area contributed by atoms with Crippen LogP contribution in [0.4, 0.5) is 0 Å². The second-order valence-electron chi connectivity index (χ2n) is 3.79. The average Bonchev–Trinajstić information content (AvgIpc) is 2.33. The van der Waals surface area contributed by atoms with E-state index in [-0.39, 0.29) is 0 Å². The zero-order valence-electron chi connectivity index (χ0n) is 10.8. The highest BCUT2D eigenvalue weighted by atomic mass is 16.5. The second-order valence-corrected chi connectivity index (χ2v) is 3.79. The lowest BCUT2D eigenvalue weighted by molar-refractivity contribution is 0.00655. The Morgan fingerprint density at radius 1 is 1.29 bits per heavy atom. The normalized spacial score (nSPS) is 12.3. The van der Waals surface area contributed by atoms with Crippen molar-refractivity contribution in [3.8, 4) is 12.3 Å². The van der Waals surface area contributed by atoms with Crippen molar-refractivity contribution in [2.45, 2.75) is 32.3 Å². The Hall–Kier alpha value is -0.600. The van der Waals surface area contributed by atoms with Crippen molar-refractivity contribution in [1.29, 1.82) is 0 Å². The fourth-order valence-electron chi connectivity index (χ4n) is 1.29. The zero-order valence-corrected chi connectivity index (χ0v) is 10.8. The summed E-state index contributed by atoms with van der Waals surface area (Å²) in [5.74, 6) is 2.60. The maximum absolute atomic E-state index is 9.55. The number of ether oxygens (including phenoxy) is 2. The molecule has 0 saturated heterocycles. The Morgan fingerprint density at radius 2 is 2.06 bits per heavy atom. The standard InChI is InChI=1S/C13H25NO3/c1-3-5-6-7-8-14-11-13(15)12-17-10-9-16-4-2/h1,13-15H,4-12H2,2H3. The second kappa shape index (κ2) is 13.5. The first-order valence-electron chi connectivity index (χ1n) is 6.29. The van der Waals surface area contributed by atoms with Crippen LogP contribution in [0.2, 0.25) is 0 Å². The number of nitrogens with one attached hydrogen (secondary N) is 1. The van der Waals surface area contributed by atoms with Gasteiger partial charge in [0.15, 0.2) is 0 Å². The van der Waals surface area contributed by atoms with Crippen LogP contribution in [0.15, 0.2) is 0 Å². The van der Waals surface area contributed by atoms with Gasteiger partial charge in [0.1, 0.15) is 0 Å². The van der Waals surface area contributed by atoms with Gasteiger partial charge < -0.3 is 19.9 Å². The molecule has 0 amide bonds. The minimum atomic E-state index is -0.454. The predicted octanol–water partition coefficient (Wildman–Crippen LogP) is 0.793. The summed E-state index contributed by atoms with van der Waals surface area (Å²) in [5, 5.41) is 12.7. The summed E-state index contributed by atoms with van der Waals surface area (Å²) in [6.07, 6.45) is 7.59. The minimum absolute atomic E-state index is 0.352. The Morgan fingerprint density at radius 3 is 2.76 bits per heavy atom. The molecule has 4 nitrogen and oxygen atoms in total. The smallest absolute Gasteiger partial charge is 0.0897 e. The first-order chi connectivity index (χ1) is 8.31. The monoisotopic (exact) mass is 243 g/mol. The van der Waals surface area contributed by atoms with Gasteiger partial charge >= 0.3 is 0 Å². The van der Waals surface area contributed by atoms with Crippen LogP contribution in [0.1, 0.15) is 26.2 Å². The van der Waals surface area contributed by atoms with Crippen LogP contribution < -0.4 is 5.32 Å². The van der Waals surface area contributed by atoms with E-state index in [0.717, 1.165) is 25.8 Å². The topological polar surface area (TPSA) is 50.7 Å². The number of aliphatic hydroxyl groups excluding tert-OH is 1. The van der Waals surface area contributed by atoms with Crippen molar-refractivity contribution in [1.82, 2.24) is 5.32 Å². The SMILES string of the molecule is C#CCCCCNCC(O)COCCOCC. The summed E-state index contributed by atoms with van der Waals surface area (Å²) >= 11 is 0. The van der Waals surface area contributed by atoms with E-state index < -0.39 is 6.10 Å². The van der Waals surface area contributed by atoms with Gasteiger partial charge in [-0.2, -0.15) is 0 Å². The molecule has 1 atom stereocenters. The van der Waals surface area contributed by atoms with Gasteiger partial charge in [0.05, 0.1) is 25.9 Å². The van der Waals surface area contributed by atoms with Gasteiger partial charge in [0.25, 0.3) is 0 Å². The molecule has 0 aliphatic carbocycles. The molecule has 0 fully saturated rings. The molecule has 0 rings (SSSR count). The van der Waals surface area contributed by atoms with Crippen LogP contribution in [-0.4, -0.2) is 50.7 Å². The van der Waals surface area contributed by atoms with Crippen LogP contribution in [-0.2, 0) is 9.47 Å². The van der Waals surface area contributed by atoms with Crippen molar-refractivity contribution in [3.05, 3.63) is 0 Å². The molecule has 4 heteroatoms. The Kier molecular flexibility index (Phi) is 13.0. The van der Waals surface area contributed by atoms with Gasteiger partial charge in [-0.15, -0.1) is 12.3 Å². The van der Waals surface area contributed by atoms with E-state index in [1.807, 2.05) is 6.92 Å². The summed E-state index contributed by atoms with van der Waals surface area (Å²) in [4.78, 5) is 0. The lowest BCUT2D eigenvalue weighted by Gasteiger charge is -2.12. The maximum Gasteiger partial charge on any atom is 0.0897 e. The van der Waals surface area contributed by atoms with E-state index in [4.69, 9.17) is 15.9 Å². The summed E-state index contributed by atoms with van der Waals surface area (Å²) in [6.45, 7) is 5.56. The molecule has 0 aromatic heterocycles. The van der Waals surface area contributed by atoms with Crippen LogP contribution >= 0.6 is 0 Å². The third-order valence-electron chi connectivity index (χ3n) is 2.19. The van der Waals surface area contributed by atoms with Crippen molar-refractivity contribution >= 4 is 0 Å². The Bertz CT molecular complexity index is 192. The molecule has 2 N–H and O–H groups in total. The Labute approximate surface area is 105 Å². The van der Waals surface area contributed by atoms with Crippen molar-refractivity contribution in [2.75, 3.05) is 39.5 Å². The van der Waals surface area contributed by atoms with Gasteiger partial charge in [-0.25, -0.2) is 0 Å². The van der Waals surface area contributed by atoms with E-state index in [1.165, 1.54) is 0 Å². The number of hydrogen-bond acceptors (Lipinski definition) is 4. The molecule has 0 heterocycles. The lowest BCUT2D eigenvalue weighted by Crippen LogP contribution is -2.31. The summed E-state index contributed by atoms with van der Waals surface area (Å²) in [5.41, 5.74) is 0. The number of hydrogen-bond donors (Lipinski definition) is 2. The lowest BCUT2D eigenvalue weighted by atomic mass is 10.2. The average molecular weight is 243 g/mol. The van der Waals surface area contributed by atoms with Crippen LogP contribution in [0.3, 0.4) is 0 Å². The van der Waals surface area contributed by atoms with Gasteiger partial charge in [0.2, 0.25) is 0 Å². The van der Waals surface area contributed by atoms with E-state index in [2.05, 4.69) is 11.2 Å². The maximum atomic E-state index is 9.55. The molecule has 0 aromatic rings. The number of rotatable bonds is 12. The van der Waals surface area contributed by atoms with Crippen LogP contribution in [0.5, 0.6) is 0 Å². The van der Waals surface area contributed by atoms with E-state index in [0.29, 0.717) is 33.0 Å². The third-order valence-corrected chi connectivity index (χ3v) is 2.19. The predicted molar refractivity (Wildman–Crippen MR) is 68.9 cm³/mol. The molecular weight excluding hydrogens is 218 g/mol. The minimum Gasteiger partial charge on any atom is -0.389 e. The highest BCUT2D eigenvalue weighted by Gasteiger charge is 2.02. The highest BCUT2D eigenvalue weighted by Crippen LogP contribution is 1.91. The van der Waals surface area contributed by atoms with E-state index >= 15 is 0 Å². The largest absolute Gasteiger partial charge is 0.389 e.